The lowest BCUT2D eigenvalue weighted by atomic mass is 9.79. The minimum Gasteiger partial charge on any atom is -0.314 e. The third kappa shape index (κ3) is 2.85. The van der Waals surface area contributed by atoms with E-state index in [2.05, 4.69) is 16.3 Å². The van der Waals surface area contributed by atoms with E-state index in [1.54, 1.807) is 0 Å². The van der Waals surface area contributed by atoms with E-state index in [9.17, 15) is 0 Å². The number of hydrogen-bond donors (Lipinski definition) is 1. The van der Waals surface area contributed by atoms with Gasteiger partial charge in [-0.05, 0) is 24.5 Å². The number of nitrogens with zero attached hydrogens (tertiary/aromatic N) is 1. The summed E-state index contributed by atoms with van der Waals surface area (Å²) < 4.78 is 0. The highest BCUT2D eigenvalue weighted by Crippen LogP contribution is 2.36. The lowest BCUT2D eigenvalue weighted by Crippen LogP contribution is -2.61. The molecule has 1 saturated carbocycles. The van der Waals surface area contributed by atoms with E-state index in [-0.39, 0.29) is 0 Å². The molecule has 0 radical (unpaired) electrons. The molecule has 0 unspecified atom stereocenters. The second kappa shape index (κ2) is 6.23. The maximum atomic E-state index is 6.37. The minimum atomic E-state index is 0.335. The molecule has 110 valence electrons. The Balaban J connectivity index is 1.81. The van der Waals surface area contributed by atoms with Gasteiger partial charge in [0.2, 0.25) is 0 Å². The highest BCUT2D eigenvalue weighted by atomic mass is 35.5. The highest BCUT2D eigenvalue weighted by molar-refractivity contribution is 6.42. The van der Waals surface area contributed by atoms with E-state index in [0.717, 1.165) is 36.8 Å². The van der Waals surface area contributed by atoms with Gasteiger partial charge in [-0.3, -0.25) is 4.90 Å². The first-order valence-electron chi connectivity index (χ1n) is 7.60. The maximum absolute atomic E-state index is 6.37. The van der Waals surface area contributed by atoms with Crippen LogP contribution in [0.5, 0.6) is 0 Å². The molecular weight excluding hydrogens is 291 g/mol. The Kier molecular flexibility index (Phi) is 4.56. The molecule has 0 aromatic heterocycles. The Hall–Kier alpha value is -0.280. The molecule has 1 aliphatic heterocycles. The molecule has 1 heterocycles. The average molecular weight is 313 g/mol. The third-order valence-corrected chi connectivity index (χ3v) is 5.72. The summed E-state index contributed by atoms with van der Waals surface area (Å²) in [7, 11) is 0. The summed E-state index contributed by atoms with van der Waals surface area (Å²) in [5.41, 5.74) is 1.49. The summed E-state index contributed by atoms with van der Waals surface area (Å²) in [6.45, 7) is 4.20. The molecule has 1 spiro atoms. The fourth-order valence-corrected chi connectivity index (χ4v) is 4.09. The van der Waals surface area contributed by atoms with E-state index in [1.807, 2.05) is 12.1 Å². The predicted octanol–water partition coefficient (Wildman–Crippen LogP) is 4.10. The number of nitrogens with one attached hydrogen (secondary N) is 1. The van der Waals surface area contributed by atoms with Crippen LogP contribution in [-0.2, 0) is 6.54 Å². The van der Waals surface area contributed by atoms with E-state index in [0.29, 0.717) is 10.6 Å². The molecule has 1 saturated heterocycles. The number of halogens is 2. The Labute approximate surface area is 131 Å². The molecule has 0 bridgehead atoms. The first-order chi connectivity index (χ1) is 9.71. The highest BCUT2D eigenvalue weighted by Gasteiger charge is 2.39. The van der Waals surface area contributed by atoms with Gasteiger partial charge in [0.05, 0.1) is 10.0 Å². The maximum Gasteiger partial charge on any atom is 0.0637 e. The van der Waals surface area contributed by atoms with Gasteiger partial charge in [-0.15, -0.1) is 0 Å². The van der Waals surface area contributed by atoms with Gasteiger partial charge in [0.25, 0.3) is 0 Å². The van der Waals surface area contributed by atoms with Crippen LogP contribution in [0.2, 0.25) is 10.0 Å². The quantitative estimate of drug-likeness (QED) is 0.884. The molecule has 2 fully saturated rings. The van der Waals surface area contributed by atoms with Crippen LogP contribution < -0.4 is 5.32 Å². The van der Waals surface area contributed by atoms with Crippen molar-refractivity contribution in [2.24, 2.45) is 0 Å². The second-order valence-corrected chi connectivity index (χ2v) is 6.88. The van der Waals surface area contributed by atoms with Gasteiger partial charge in [0.1, 0.15) is 0 Å². The first-order valence-corrected chi connectivity index (χ1v) is 8.36. The molecule has 2 aliphatic rings. The summed E-state index contributed by atoms with van der Waals surface area (Å²) in [4.78, 5) is 2.64. The Morgan fingerprint density at radius 3 is 2.75 bits per heavy atom. The van der Waals surface area contributed by atoms with Crippen molar-refractivity contribution in [2.45, 2.75) is 44.2 Å². The van der Waals surface area contributed by atoms with Crippen molar-refractivity contribution >= 4 is 23.2 Å². The van der Waals surface area contributed by atoms with Gasteiger partial charge in [0, 0.05) is 31.7 Å². The molecule has 2 nitrogen and oxygen atoms in total. The molecule has 1 aromatic rings. The van der Waals surface area contributed by atoms with E-state index >= 15 is 0 Å². The predicted molar refractivity (Wildman–Crippen MR) is 85.6 cm³/mol. The van der Waals surface area contributed by atoms with Gasteiger partial charge in [-0.25, -0.2) is 0 Å². The number of benzene rings is 1. The third-order valence-electron chi connectivity index (χ3n) is 4.86. The van der Waals surface area contributed by atoms with Crippen LogP contribution in [-0.4, -0.2) is 30.1 Å². The summed E-state index contributed by atoms with van der Waals surface area (Å²) in [5, 5.41) is 4.97. The van der Waals surface area contributed by atoms with Crippen LogP contribution in [0.1, 0.15) is 37.7 Å². The van der Waals surface area contributed by atoms with E-state index in [4.69, 9.17) is 23.2 Å². The van der Waals surface area contributed by atoms with Gasteiger partial charge in [-0.2, -0.15) is 0 Å². The van der Waals surface area contributed by atoms with Crippen molar-refractivity contribution in [1.82, 2.24) is 10.2 Å². The smallest absolute Gasteiger partial charge is 0.0637 e. The zero-order chi connectivity index (χ0) is 14.0. The van der Waals surface area contributed by atoms with Crippen LogP contribution >= 0.6 is 23.2 Å². The summed E-state index contributed by atoms with van der Waals surface area (Å²) in [6, 6.07) is 5.97. The second-order valence-electron chi connectivity index (χ2n) is 6.10. The molecule has 4 heteroatoms. The number of hydrogen-bond acceptors (Lipinski definition) is 2. The van der Waals surface area contributed by atoms with Crippen LogP contribution in [0, 0.1) is 0 Å². The fraction of sp³-hybridized carbons (Fsp3) is 0.625. The molecule has 20 heavy (non-hydrogen) atoms. The lowest BCUT2D eigenvalue weighted by Gasteiger charge is -2.50. The summed E-state index contributed by atoms with van der Waals surface area (Å²) in [5.74, 6) is 0. The van der Waals surface area contributed by atoms with Crippen molar-refractivity contribution in [3.05, 3.63) is 33.8 Å². The summed E-state index contributed by atoms with van der Waals surface area (Å²) >= 11 is 12.5. The largest absolute Gasteiger partial charge is 0.314 e. The van der Waals surface area contributed by atoms with E-state index < -0.39 is 0 Å². The molecule has 3 rings (SSSR count). The van der Waals surface area contributed by atoms with Gasteiger partial charge in [0.15, 0.2) is 0 Å². The number of rotatable bonds is 2. The zero-order valence-electron chi connectivity index (χ0n) is 11.8. The van der Waals surface area contributed by atoms with Crippen LogP contribution in [0.3, 0.4) is 0 Å². The van der Waals surface area contributed by atoms with Crippen molar-refractivity contribution in [3.63, 3.8) is 0 Å². The molecule has 1 N–H and O–H groups in total. The number of piperazine rings is 1. The SMILES string of the molecule is Clc1cccc(CN2CCNCC23CCCCC3)c1Cl. The minimum absolute atomic E-state index is 0.335. The Bertz CT molecular complexity index is 461. The standard InChI is InChI=1S/C16H22Cl2N2/c17-14-6-4-5-13(15(14)18)11-20-10-9-19-12-16(20)7-2-1-3-8-16/h4-6,19H,1-3,7-12H2. The molecule has 1 aliphatic carbocycles. The van der Waals surface area contributed by atoms with Gasteiger partial charge < -0.3 is 5.32 Å². The normalized spacial score (nSPS) is 23.1. The first kappa shape index (κ1) is 14.6. The fourth-order valence-electron chi connectivity index (χ4n) is 3.71. The Morgan fingerprint density at radius 1 is 1.15 bits per heavy atom. The molecular formula is C16H22Cl2N2. The summed E-state index contributed by atoms with van der Waals surface area (Å²) in [6.07, 6.45) is 6.69. The van der Waals surface area contributed by atoms with Crippen LogP contribution in [0.25, 0.3) is 0 Å². The molecule has 0 amide bonds. The van der Waals surface area contributed by atoms with Crippen LogP contribution in [0.15, 0.2) is 18.2 Å². The Morgan fingerprint density at radius 2 is 1.95 bits per heavy atom. The molecule has 1 aromatic carbocycles. The zero-order valence-corrected chi connectivity index (χ0v) is 13.3. The molecule has 0 atom stereocenters. The lowest BCUT2D eigenvalue weighted by molar-refractivity contribution is 0.0209. The van der Waals surface area contributed by atoms with Crippen molar-refractivity contribution < 1.29 is 0 Å². The van der Waals surface area contributed by atoms with Crippen molar-refractivity contribution in [3.8, 4) is 0 Å². The van der Waals surface area contributed by atoms with Gasteiger partial charge in [-0.1, -0.05) is 54.6 Å². The van der Waals surface area contributed by atoms with Crippen LogP contribution in [0.4, 0.5) is 0 Å². The topological polar surface area (TPSA) is 15.3 Å². The van der Waals surface area contributed by atoms with E-state index in [1.165, 1.54) is 32.1 Å². The monoisotopic (exact) mass is 312 g/mol. The average Bonchev–Trinajstić information content (AvgIpc) is 2.47. The van der Waals surface area contributed by atoms with Crippen molar-refractivity contribution in [2.75, 3.05) is 19.6 Å². The van der Waals surface area contributed by atoms with Gasteiger partial charge >= 0.3 is 0 Å². The van der Waals surface area contributed by atoms with Crippen molar-refractivity contribution in [1.29, 1.82) is 0 Å².